The van der Waals surface area contributed by atoms with Crippen molar-refractivity contribution in [3.63, 3.8) is 0 Å². The van der Waals surface area contributed by atoms with Crippen LogP contribution in [0, 0.1) is 6.92 Å². The van der Waals surface area contributed by atoms with Gasteiger partial charge in [0.2, 0.25) is 0 Å². The van der Waals surface area contributed by atoms with E-state index in [9.17, 15) is 4.79 Å². The van der Waals surface area contributed by atoms with E-state index in [-0.39, 0.29) is 11.3 Å². The van der Waals surface area contributed by atoms with E-state index >= 15 is 0 Å². The van der Waals surface area contributed by atoms with Gasteiger partial charge < -0.3 is 4.90 Å². The number of fused-ring (bicyclic) bond motifs is 5. The highest BCUT2D eigenvalue weighted by Gasteiger charge is 2.60. The van der Waals surface area contributed by atoms with E-state index in [1.54, 1.807) is 0 Å². The number of carbonyl (C=O) groups is 1. The second-order valence-corrected chi connectivity index (χ2v) is 8.41. The first-order chi connectivity index (χ1) is 13.0. The molecule has 0 radical (unpaired) electrons. The molecular formula is C25H23NO. The molecule has 0 amide bonds. The average Bonchev–Trinajstić information content (AvgIpc) is 2.95. The van der Waals surface area contributed by atoms with Crippen molar-refractivity contribution >= 4 is 11.5 Å². The van der Waals surface area contributed by atoms with Crippen LogP contribution in [0.3, 0.4) is 0 Å². The van der Waals surface area contributed by atoms with Gasteiger partial charge in [-0.15, -0.1) is 0 Å². The maximum atomic E-state index is 14.1. The van der Waals surface area contributed by atoms with Gasteiger partial charge in [-0.2, -0.15) is 0 Å². The van der Waals surface area contributed by atoms with Crippen LogP contribution in [0.5, 0.6) is 0 Å². The van der Waals surface area contributed by atoms with E-state index in [1.807, 2.05) is 36.4 Å². The summed E-state index contributed by atoms with van der Waals surface area (Å²) < 4.78 is 0. The maximum absolute atomic E-state index is 14.1. The van der Waals surface area contributed by atoms with Crippen LogP contribution < -0.4 is 4.90 Å². The molecule has 3 aromatic rings. The monoisotopic (exact) mass is 353 g/mol. The second-order valence-electron chi connectivity index (χ2n) is 8.41. The van der Waals surface area contributed by atoms with Crippen LogP contribution in [-0.2, 0) is 12.0 Å². The molecule has 0 spiro atoms. The average molecular weight is 353 g/mol. The molecule has 0 aliphatic carbocycles. The summed E-state index contributed by atoms with van der Waals surface area (Å²) in [6, 6.07) is 25.0. The van der Waals surface area contributed by atoms with E-state index in [0.717, 1.165) is 28.8 Å². The molecule has 0 bridgehead atoms. The highest BCUT2D eigenvalue weighted by atomic mass is 16.1. The lowest BCUT2D eigenvalue weighted by atomic mass is 9.69. The lowest BCUT2D eigenvalue weighted by Gasteiger charge is -2.53. The van der Waals surface area contributed by atoms with Gasteiger partial charge in [0.05, 0.1) is 0 Å². The Morgan fingerprint density at radius 2 is 1.59 bits per heavy atom. The quantitative estimate of drug-likeness (QED) is 0.593. The van der Waals surface area contributed by atoms with Crippen molar-refractivity contribution < 1.29 is 4.79 Å². The molecule has 27 heavy (non-hydrogen) atoms. The zero-order valence-corrected chi connectivity index (χ0v) is 16.0. The summed E-state index contributed by atoms with van der Waals surface area (Å²) in [7, 11) is 0. The zero-order chi connectivity index (χ0) is 18.8. The standard InChI is InChI=1S/C25H23NO/c1-17-13-14-18-16-24(2,3)26-22-12-8-7-11-20(22)23(27)25(26,21(18)15-17)19-9-5-4-6-10-19/h4-15H,16H2,1-3H3/t25-/m1/s1. The van der Waals surface area contributed by atoms with Crippen LogP contribution in [0.15, 0.2) is 72.8 Å². The Bertz CT molecular complexity index is 1070. The number of anilines is 1. The lowest BCUT2D eigenvalue weighted by molar-refractivity contribution is 0.0904. The summed E-state index contributed by atoms with van der Waals surface area (Å²) in [6.07, 6.45) is 0.915. The van der Waals surface area contributed by atoms with Gasteiger partial charge in [0.25, 0.3) is 0 Å². The molecule has 5 rings (SSSR count). The number of hydrogen-bond donors (Lipinski definition) is 0. The number of rotatable bonds is 1. The highest BCUT2D eigenvalue weighted by Crippen LogP contribution is 2.56. The summed E-state index contributed by atoms with van der Waals surface area (Å²) in [4.78, 5) is 16.5. The molecule has 2 aliphatic rings. The molecule has 0 unspecified atom stereocenters. The molecule has 0 fully saturated rings. The van der Waals surface area contributed by atoms with E-state index < -0.39 is 5.54 Å². The van der Waals surface area contributed by atoms with Crippen LogP contribution in [-0.4, -0.2) is 11.3 Å². The van der Waals surface area contributed by atoms with Gasteiger partial charge in [-0.3, -0.25) is 4.79 Å². The fourth-order valence-electron chi connectivity index (χ4n) is 5.18. The third kappa shape index (κ3) is 1.98. The molecule has 0 saturated heterocycles. The molecule has 2 nitrogen and oxygen atoms in total. The third-order valence-corrected chi connectivity index (χ3v) is 6.13. The largest absolute Gasteiger partial charge is 0.345 e. The number of aryl methyl sites for hydroxylation is 1. The molecule has 2 aliphatic heterocycles. The summed E-state index contributed by atoms with van der Waals surface area (Å²) in [6.45, 7) is 6.61. The Hall–Kier alpha value is -2.87. The summed E-state index contributed by atoms with van der Waals surface area (Å²) in [5, 5.41) is 0. The van der Waals surface area contributed by atoms with Gasteiger partial charge in [-0.25, -0.2) is 0 Å². The highest BCUT2D eigenvalue weighted by molar-refractivity contribution is 6.17. The first-order valence-corrected chi connectivity index (χ1v) is 9.56. The molecule has 1 atom stereocenters. The van der Waals surface area contributed by atoms with Gasteiger partial charge in [-0.05, 0) is 56.0 Å². The molecule has 3 aromatic carbocycles. The predicted octanol–water partition coefficient (Wildman–Crippen LogP) is 5.28. The molecule has 0 saturated carbocycles. The topological polar surface area (TPSA) is 20.3 Å². The van der Waals surface area contributed by atoms with E-state index in [1.165, 1.54) is 11.1 Å². The van der Waals surface area contributed by atoms with Gasteiger partial charge in [0, 0.05) is 16.8 Å². The van der Waals surface area contributed by atoms with Crippen molar-refractivity contribution in [1.29, 1.82) is 0 Å². The van der Waals surface area contributed by atoms with Gasteiger partial charge in [-0.1, -0.05) is 66.2 Å². The molecule has 0 aromatic heterocycles. The molecule has 0 N–H and O–H groups in total. The minimum absolute atomic E-state index is 0.180. The Balaban J connectivity index is 1.96. The fraction of sp³-hybridized carbons (Fsp3) is 0.240. The number of ketones is 1. The minimum Gasteiger partial charge on any atom is -0.345 e. The van der Waals surface area contributed by atoms with Gasteiger partial charge in [0.1, 0.15) is 0 Å². The number of Topliss-reactive ketones (excluding diaryl/α,β-unsaturated/α-hetero) is 1. The normalized spacial score (nSPS) is 22.2. The molecule has 2 heteroatoms. The lowest BCUT2D eigenvalue weighted by Crippen LogP contribution is -2.62. The smallest absolute Gasteiger partial charge is 0.199 e. The Labute approximate surface area is 160 Å². The van der Waals surface area contributed by atoms with Crippen LogP contribution in [0.2, 0.25) is 0 Å². The summed E-state index contributed by atoms with van der Waals surface area (Å²) in [5.41, 5.74) is 5.53. The molecule has 2 heterocycles. The van der Waals surface area contributed by atoms with E-state index in [0.29, 0.717) is 0 Å². The minimum atomic E-state index is -0.798. The van der Waals surface area contributed by atoms with Crippen LogP contribution >= 0.6 is 0 Å². The number of hydrogen-bond acceptors (Lipinski definition) is 2. The van der Waals surface area contributed by atoms with E-state index in [4.69, 9.17) is 0 Å². The Kier molecular flexibility index (Phi) is 3.22. The summed E-state index contributed by atoms with van der Waals surface area (Å²) in [5.74, 6) is 0.184. The van der Waals surface area contributed by atoms with Crippen LogP contribution in [0.4, 0.5) is 5.69 Å². The second kappa shape index (κ2) is 5.32. The van der Waals surface area contributed by atoms with Crippen molar-refractivity contribution in [3.8, 4) is 0 Å². The van der Waals surface area contributed by atoms with Crippen molar-refractivity contribution in [2.75, 3.05) is 4.90 Å². The van der Waals surface area contributed by atoms with Crippen LogP contribution in [0.1, 0.15) is 46.5 Å². The van der Waals surface area contributed by atoms with E-state index in [2.05, 4.69) is 62.1 Å². The zero-order valence-electron chi connectivity index (χ0n) is 16.0. The van der Waals surface area contributed by atoms with Crippen molar-refractivity contribution in [2.24, 2.45) is 0 Å². The maximum Gasteiger partial charge on any atom is 0.199 e. The third-order valence-electron chi connectivity index (χ3n) is 6.13. The Morgan fingerprint density at radius 1 is 0.889 bits per heavy atom. The molecular weight excluding hydrogens is 330 g/mol. The van der Waals surface area contributed by atoms with Crippen molar-refractivity contribution in [1.82, 2.24) is 0 Å². The SMILES string of the molecule is Cc1ccc2c(c1)[C@]1(c3ccccc3)C(=O)c3ccccc3N1C(C)(C)C2. The number of carbonyl (C=O) groups excluding carboxylic acids is 1. The Morgan fingerprint density at radius 3 is 2.37 bits per heavy atom. The first kappa shape index (κ1) is 16.3. The summed E-state index contributed by atoms with van der Waals surface area (Å²) >= 11 is 0. The van der Waals surface area contributed by atoms with Crippen molar-refractivity contribution in [2.45, 2.75) is 38.3 Å². The van der Waals surface area contributed by atoms with Crippen molar-refractivity contribution in [3.05, 3.63) is 101 Å². The molecule has 134 valence electrons. The number of nitrogens with zero attached hydrogens (tertiary/aromatic N) is 1. The van der Waals surface area contributed by atoms with Gasteiger partial charge in [0.15, 0.2) is 11.3 Å². The first-order valence-electron chi connectivity index (χ1n) is 9.56. The van der Waals surface area contributed by atoms with Gasteiger partial charge >= 0.3 is 0 Å². The fourth-order valence-corrected chi connectivity index (χ4v) is 5.18. The predicted molar refractivity (Wildman–Crippen MR) is 109 cm³/mol. The number of benzene rings is 3. The van der Waals surface area contributed by atoms with Crippen LogP contribution in [0.25, 0.3) is 0 Å². The number of para-hydroxylation sites is 1.